The highest BCUT2D eigenvalue weighted by atomic mass is 16.3. The SMILES string of the molecule is CC(C)(C)c1ccc(C(O)C(C)(C)N)cc1. The molecule has 0 amide bonds. The first-order valence-corrected chi connectivity index (χ1v) is 5.70. The van der Waals surface area contributed by atoms with E-state index in [2.05, 4.69) is 32.9 Å². The molecule has 1 unspecified atom stereocenters. The van der Waals surface area contributed by atoms with Gasteiger partial charge in [-0.05, 0) is 30.4 Å². The second-order valence-corrected chi connectivity index (χ2v) is 6.10. The van der Waals surface area contributed by atoms with E-state index in [0.717, 1.165) is 5.56 Å². The van der Waals surface area contributed by atoms with E-state index < -0.39 is 11.6 Å². The average molecular weight is 221 g/mol. The lowest BCUT2D eigenvalue weighted by Crippen LogP contribution is -2.39. The van der Waals surface area contributed by atoms with Gasteiger partial charge in [-0.25, -0.2) is 0 Å². The zero-order chi connectivity index (χ0) is 12.6. The molecule has 0 bridgehead atoms. The van der Waals surface area contributed by atoms with Crippen LogP contribution in [0.3, 0.4) is 0 Å². The molecule has 0 heterocycles. The van der Waals surface area contributed by atoms with Crippen LogP contribution >= 0.6 is 0 Å². The number of aliphatic hydroxyl groups excluding tert-OH is 1. The second-order valence-electron chi connectivity index (χ2n) is 6.10. The van der Waals surface area contributed by atoms with Crippen LogP contribution < -0.4 is 5.73 Å². The molecule has 2 heteroatoms. The first-order valence-electron chi connectivity index (χ1n) is 5.70. The summed E-state index contributed by atoms with van der Waals surface area (Å²) in [7, 11) is 0. The molecule has 0 aromatic heterocycles. The van der Waals surface area contributed by atoms with Crippen molar-refractivity contribution >= 4 is 0 Å². The third-order valence-electron chi connectivity index (χ3n) is 2.80. The Labute approximate surface area is 98.5 Å². The number of hydrogen-bond donors (Lipinski definition) is 2. The Morgan fingerprint density at radius 1 is 1.00 bits per heavy atom. The smallest absolute Gasteiger partial charge is 0.0963 e. The molecule has 0 fully saturated rings. The molecular formula is C14H23NO. The van der Waals surface area contributed by atoms with E-state index in [-0.39, 0.29) is 5.41 Å². The van der Waals surface area contributed by atoms with Gasteiger partial charge in [-0.1, -0.05) is 45.0 Å². The van der Waals surface area contributed by atoms with Crippen LogP contribution in [0.15, 0.2) is 24.3 Å². The molecule has 1 rings (SSSR count). The van der Waals surface area contributed by atoms with Crippen molar-refractivity contribution in [2.24, 2.45) is 5.73 Å². The summed E-state index contributed by atoms with van der Waals surface area (Å²) in [5.41, 5.74) is 7.56. The Bertz CT molecular complexity index is 340. The quantitative estimate of drug-likeness (QED) is 0.806. The van der Waals surface area contributed by atoms with Crippen LogP contribution in [0.4, 0.5) is 0 Å². The van der Waals surface area contributed by atoms with E-state index in [0.29, 0.717) is 0 Å². The molecule has 0 aliphatic heterocycles. The third-order valence-corrected chi connectivity index (χ3v) is 2.80. The Morgan fingerprint density at radius 2 is 1.44 bits per heavy atom. The molecule has 0 radical (unpaired) electrons. The fourth-order valence-electron chi connectivity index (χ4n) is 1.59. The Morgan fingerprint density at radius 3 is 1.75 bits per heavy atom. The molecule has 0 aliphatic carbocycles. The van der Waals surface area contributed by atoms with E-state index in [1.807, 2.05) is 26.0 Å². The molecular weight excluding hydrogens is 198 g/mol. The third kappa shape index (κ3) is 3.06. The van der Waals surface area contributed by atoms with Gasteiger partial charge in [0.1, 0.15) is 0 Å². The van der Waals surface area contributed by atoms with Crippen molar-refractivity contribution in [2.75, 3.05) is 0 Å². The minimum atomic E-state index is -0.624. The molecule has 2 nitrogen and oxygen atoms in total. The summed E-state index contributed by atoms with van der Waals surface area (Å²) < 4.78 is 0. The predicted molar refractivity (Wildman–Crippen MR) is 68.4 cm³/mol. The predicted octanol–water partition coefficient (Wildman–Crippen LogP) is 2.75. The fraction of sp³-hybridized carbons (Fsp3) is 0.571. The lowest BCUT2D eigenvalue weighted by molar-refractivity contribution is 0.104. The van der Waals surface area contributed by atoms with Gasteiger partial charge in [-0.2, -0.15) is 0 Å². The Kier molecular flexibility index (Phi) is 3.46. The fourth-order valence-corrected chi connectivity index (χ4v) is 1.59. The summed E-state index contributed by atoms with van der Waals surface area (Å²) in [5.74, 6) is 0. The second kappa shape index (κ2) is 4.19. The standard InChI is InChI=1S/C14H23NO/c1-13(2,3)11-8-6-10(7-9-11)12(16)14(4,5)15/h6-9,12,16H,15H2,1-5H3. The molecule has 0 saturated carbocycles. The van der Waals surface area contributed by atoms with Crippen LogP contribution in [0.2, 0.25) is 0 Å². The van der Waals surface area contributed by atoms with E-state index in [1.165, 1.54) is 5.56 Å². The largest absolute Gasteiger partial charge is 0.387 e. The summed E-state index contributed by atoms with van der Waals surface area (Å²) >= 11 is 0. The van der Waals surface area contributed by atoms with Gasteiger partial charge in [-0.15, -0.1) is 0 Å². The summed E-state index contributed by atoms with van der Waals surface area (Å²) in [6, 6.07) is 8.04. The minimum Gasteiger partial charge on any atom is -0.387 e. The van der Waals surface area contributed by atoms with Gasteiger partial charge in [-0.3, -0.25) is 0 Å². The number of hydrogen-bond acceptors (Lipinski definition) is 2. The van der Waals surface area contributed by atoms with Crippen molar-refractivity contribution in [2.45, 2.75) is 51.7 Å². The van der Waals surface area contributed by atoms with Gasteiger partial charge in [0.2, 0.25) is 0 Å². The number of rotatable bonds is 2. The van der Waals surface area contributed by atoms with Crippen molar-refractivity contribution < 1.29 is 5.11 Å². The number of aliphatic hydroxyl groups is 1. The van der Waals surface area contributed by atoms with Crippen molar-refractivity contribution in [3.05, 3.63) is 35.4 Å². The van der Waals surface area contributed by atoms with Crippen molar-refractivity contribution in [3.63, 3.8) is 0 Å². The maximum absolute atomic E-state index is 10.0. The highest BCUT2D eigenvalue weighted by molar-refractivity contribution is 5.29. The van der Waals surface area contributed by atoms with Crippen molar-refractivity contribution in [3.8, 4) is 0 Å². The molecule has 1 aromatic carbocycles. The van der Waals surface area contributed by atoms with Gasteiger partial charge in [0.05, 0.1) is 6.10 Å². The van der Waals surface area contributed by atoms with Gasteiger partial charge in [0.15, 0.2) is 0 Å². The highest BCUT2D eigenvalue weighted by Gasteiger charge is 2.24. The highest BCUT2D eigenvalue weighted by Crippen LogP contribution is 2.27. The molecule has 16 heavy (non-hydrogen) atoms. The maximum Gasteiger partial charge on any atom is 0.0963 e. The Hall–Kier alpha value is -0.860. The van der Waals surface area contributed by atoms with Gasteiger partial charge >= 0.3 is 0 Å². The van der Waals surface area contributed by atoms with E-state index >= 15 is 0 Å². The first-order chi connectivity index (χ1) is 7.12. The Balaban J connectivity index is 2.96. The molecule has 0 saturated heterocycles. The van der Waals surface area contributed by atoms with Crippen molar-refractivity contribution in [1.29, 1.82) is 0 Å². The van der Waals surface area contributed by atoms with Crippen LogP contribution in [0, 0.1) is 0 Å². The van der Waals surface area contributed by atoms with Crippen LogP contribution in [-0.4, -0.2) is 10.6 Å². The number of benzene rings is 1. The van der Waals surface area contributed by atoms with Gasteiger partial charge in [0, 0.05) is 5.54 Å². The summed E-state index contributed by atoms with van der Waals surface area (Å²) in [6.45, 7) is 10.2. The van der Waals surface area contributed by atoms with Crippen LogP contribution in [0.1, 0.15) is 51.8 Å². The molecule has 3 N–H and O–H groups in total. The van der Waals surface area contributed by atoms with Gasteiger partial charge in [0.25, 0.3) is 0 Å². The monoisotopic (exact) mass is 221 g/mol. The lowest BCUT2D eigenvalue weighted by atomic mass is 9.85. The zero-order valence-electron chi connectivity index (χ0n) is 10.9. The van der Waals surface area contributed by atoms with Crippen LogP contribution in [0.5, 0.6) is 0 Å². The van der Waals surface area contributed by atoms with Crippen LogP contribution in [-0.2, 0) is 5.41 Å². The van der Waals surface area contributed by atoms with E-state index in [9.17, 15) is 5.11 Å². The molecule has 90 valence electrons. The molecule has 1 aromatic rings. The minimum absolute atomic E-state index is 0.141. The molecule has 0 aliphatic rings. The maximum atomic E-state index is 10.0. The van der Waals surface area contributed by atoms with Gasteiger partial charge < -0.3 is 10.8 Å². The zero-order valence-corrected chi connectivity index (χ0v) is 10.9. The van der Waals surface area contributed by atoms with E-state index in [4.69, 9.17) is 5.73 Å². The summed E-state index contributed by atoms with van der Waals surface area (Å²) in [5, 5.41) is 10.0. The average Bonchev–Trinajstić information content (AvgIpc) is 2.14. The topological polar surface area (TPSA) is 46.2 Å². The molecule has 1 atom stereocenters. The molecule has 0 spiro atoms. The van der Waals surface area contributed by atoms with Crippen molar-refractivity contribution in [1.82, 2.24) is 0 Å². The van der Waals surface area contributed by atoms with E-state index in [1.54, 1.807) is 0 Å². The van der Waals surface area contributed by atoms with Crippen LogP contribution in [0.25, 0.3) is 0 Å². The normalized spacial score (nSPS) is 14.9. The lowest BCUT2D eigenvalue weighted by Gasteiger charge is -2.27. The number of nitrogens with two attached hydrogens (primary N) is 1. The first kappa shape index (κ1) is 13.2. The summed E-state index contributed by atoms with van der Waals surface area (Å²) in [6.07, 6.45) is -0.624. The summed E-state index contributed by atoms with van der Waals surface area (Å²) in [4.78, 5) is 0.